The number of aryl methyl sites for hydroxylation is 2. The van der Waals surface area contributed by atoms with Crippen molar-refractivity contribution < 1.29 is 9.53 Å². The van der Waals surface area contributed by atoms with E-state index in [1.165, 1.54) is 11.1 Å². The van der Waals surface area contributed by atoms with Crippen molar-refractivity contribution in [1.29, 1.82) is 0 Å². The Morgan fingerprint density at radius 1 is 1.11 bits per heavy atom. The van der Waals surface area contributed by atoms with Crippen LogP contribution < -0.4 is 15.4 Å². The summed E-state index contributed by atoms with van der Waals surface area (Å²) in [7, 11) is 1.68. The van der Waals surface area contributed by atoms with E-state index in [0.717, 1.165) is 70.0 Å². The number of hydrogen-bond donors (Lipinski definition) is 2. The number of carbonyl (C=O) groups is 1. The Bertz CT molecular complexity index is 1400. The van der Waals surface area contributed by atoms with Crippen molar-refractivity contribution in [2.45, 2.75) is 32.6 Å². The molecule has 0 fully saturated rings. The van der Waals surface area contributed by atoms with Crippen molar-refractivity contribution in [3.05, 3.63) is 81.7 Å². The molecule has 7 heteroatoms. The standard InChI is InChI=1S/C28H27N3O2S.ClH/c1-18-15-16-34-26(18)13-14-27(32)29-19-11-12-23-21(17-19)28(20-7-3-4-8-22(20)30-23)31-24-9-5-6-10-25(24)33-2;/h5-6,9-17H,3-4,7-8H2,1-2H3,(H,29,32)(H,30,31);1H/b14-13+;. The van der Waals surface area contributed by atoms with Crippen molar-refractivity contribution in [1.82, 2.24) is 4.98 Å². The van der Waals surface area contributed by atoms with Gasteiger partial charge in [-0.25, -0.2) is 0 Å². The van der Waals surface area contributed by atoms with E-state index in [-0.39, 0.29) is 18.3 Å². The van der Waals surface area contributed by atoms with E-state index in [0.29, 0.717) is 0 Å². The fourth-order valence-electron chi connectivity index (χ4n) is 4.42. The molecule has 2 heterocycles. The summed E-state index contributed by atoms with van der Waals surface area (Å²) in [6.45, 7) is 2.04. The number of ether oxygens (including phenoxy) is 1. The molecule has 4 aromatic rings. The number of pyridine rings is 1. The SMILES string of the molecule is COc1ccccc1Nc1c2c(nc3ccc(NC(=O)/C=C/c4sccc4C)cc13)CCCC2.Cl. The number of thiophene rings is 1. The van der Waals surface area contributed by atoms with Crippen LogP contribution >= 0.6 is 23.7 Å². The summed E-state index contributed by atoms with van der Waals surface area (Å²) < 4.78 is 5.57. The Balaban J connectivity index is 0.00000289. The highest BCUT2D eigenvalue weighted by molar-refractivity contribution is 7.11. The summed E-state index contributed by atoms with van der Waals surface area (Å²) in [4.78, 5) is 18.7. The quantitative estimate of drug-likeness (QED) is 0.270. The lowest BCUT2D eigenvalue weighted by Crippen LogP contribution is -2.11. The molecule has 0 spiro atoms. The van der Waals surface area contributed by atoms with E-state index in [4.69, 9.17) is 9.72 Å². The number of para-hydroxylation sites is 2. The van der Waals surface area contributed by atoms with Crippen LogP contribution in [0.25, 0.3) is 17.0 Å². The van der Waals surface area contributed by atoms with Crippen molar-refractivity contribution in [2.75, 3.05) is 17.7 Å². The summed E-state index contributed by atoms with van der Waals surface area (Å²) in [5, 5.41) is 9.66. The van der Waals surface area contributed by atoms with Crippen LogP contribution in [0, 0.1) is 6.92 Å². The molecule has 1 aliphatic carbocycles. The van der Waals surface area contributed by atoms with Gasteiger partial charge in [0.25, 0.3) is 0 Å². The molecule has 0 aliphatic heterocycles. The van der Waals surface area contributed by atoms with Gasteiger partial charge in [-0.3, -0.25) is 9.78 Å². The minimum absolute atomic E-state index is 0. The number of nitrogens with zero attached hydrogens (tertiary/aromatic N) is 1. The first kappa shape index (κ1) is 24.8. The number of methoxy groups -OCH3 is 1. The highest BCUT2D eigenvalue weighted by Gasteiger charge is 2.19. The predicted octanol–water partition coefficient (Wildman–Crippen LogP) is 7.31. The molecule has 2 aromatic carbocycles. The number of amides is 1. The van der Waals surface area contributed by atoms with Crippen LogP contribution in [0.1, 0.15) is 34.5 Å². The van der Waals surface area contributed by atoms with Crippen LogP contribution in [0.3, 0.4) is 0 Å². The molecule has 5 rings (SSSR count). The van der Waals surface area contributed by atoms with Crippen LogP contribution in [-0.4, -0.2) is 18.0 Å². The number of benzene rings is 2. The van der Waals surface area contributed by atoms with Gasteiger partial charge < -0.3 is 15.4 Å². The molecule has 2 N–H and O–H groups in total. The molecule has 5 nitrogen and oxygen atoms in total. The Morgan fingerprint density at radius 3 is 2.74 bits per heavy atom. The molecule has 0 unspecified atom stereocenters. The monoisotopic (exact) mass is 505 g/mol. The number of carbonyl (C=O) groups excluding carboxylic acids is 1. The smallest absolute Gasteiger partial charge is 0.248 e. The molecule has 0 atom stereocenters. The van der Waals surface area contributed by atoms with E-state index in [1.807, 2.05) is 60.8 Å². The zero-order chi connectivity index (χ0) is 23.5. The van der Waals surface area contributed by atoms with Crippen LogP contribution in [0.5, 0.6) is 5.75 Å². The summed E-state index contributed by atoms with van der Waals surface area (Å²) in [5.41, 5.74) is 7.19. The van der Waals surface area contributed by atoms with Gasteiger partial charge in [-0.1, -0.05) is 12.1 Å². The zero-order valence-corrected chi connectivity index (χ0v) is 21.4. The highest BCUT2D eigenvalue weighted by atomic mass is 35.5. The molecular formula is C28H28ClN3O2S. The van der Waals surface area contributed by atoms with E-state index in [9.17, 15) is 4.79 Å². The minimum Gasteiger partial charge on any atom is -0.495 e. The fourth-order valence-corrected chi connectivity index (χ4v) is 5.24. The summed E-state index contributed by atoms with van der Waals surface area (Å²) in [6.07, 6.45) is 7.71. The Labute approximate surface area is 215 Å². The van der Waals surface area contributed by atoms with Crippen molar-refractivity contribution in [3.63, 3.8) is 0 Å². The van der Waals surface area contributed by atoms with E-state index in [1.54, 1.807) is 24.5 Å². The van der Waals surface area contributed by atoms with Crippen molar-refractivity contribution in [2.24, 2.45) is 0 Å². The number of halogens is 1. The molecule has 0 saturated heterocycles. The molecule has 1 amide bonds. The zero-order valence-electron chi connectivity index (χ0n) is 19.8. The molecule has 0 bridgehead atoms. The second-order valence-corrected chi connectivity index (χ2v) is 9.41. The second-order valence-electron chi connectivity index (χ2n) is 8.47. The van der Waals surface area contributed by atoms with E-state index in [2.05, 4.69) is 16.7 Å². The molecule has 0 saturated carbocycles. The van der Waals surface area contributed by atoms with Crippen LogP contribution in [0.2, 0.25) is 0 Å². The average molecular weight is 506 g/mol. The number of fused-ring (bicyclic) bond motifs is 2. The number of hydrogen-bond acceptors (Lipinski definition) is 5. The number of rotatable bonds is 6. The third-order valence-corrected chi connectivity index (χ3v) is 7.17. The van der Waals surface area contributed by atoms with Gasteiger partial charge in [0.2, 0.25) is 5.91 Å². The predicted molar refractivity (Wildman–Crippen MR) is 149 cm³/mol. The van der Waals surface area contributed by atoms with Gasteiger partial charge in [-0.05, 0) is 91.6 Å². The third-order valence-electron chi connectivity index (χ3n) is 6.18. The van der Waals surface area contributed by atoms with Gasteiger partial charge in [0.15, 0.2) is 0 Å². The Kier molecular flexibility index (Phi) is 7.73. The maximum absolute atomic E-state index is 12.6. The lowest BCUT2D eigenvalue weighted by Gasteiger charge is -2.22. The summed E-state index contributed by atoms with van der Waals surface area (Å²) >= 11 is 1.62. The van der Waals surface area contributed by atoms with Gasteiger partial charge in [0.1, 0.15) is 5.75 Å². The third kappa shape index (κ3) is 5.34. The molecule has 35 heavy (non-hydrogen) atoms. The summed E-state index contributed by atoms with van der Waals surface area (Å²) in [5.74, 6) is 0.632. The lowest BCUT2D eigenvalue weighted by molar-refractivity contribution is -0.111. The van der Waals surface area contributed by atoms with E-state index < -0.39 is 0 Å². The maximum atomic E-state index is 12.6. The largest absolute Gasteiger partial charge is 0.495 e. The second kappa shape index (κ2) is 10.9. The first-order valence-corrected chi connectivity index (χ1v) is 12.4. The first-order chi connectivity index (χ1) is 16.6. The fraction of sp³-hybridized carbons (Fsp3) is 0.214. The Morgan fingerprint density at radius 2 is 1.94 bits per heavy atom. The number of anilines is 3. The van der Waals surface area contributed by atoms with Crippen molar-refractivity contribution in [3.8, 4) is 5.75 Å². The first-order valence-electron chi connectivity index (χ1n) is 11.5. The molecule has 0 radical (unpaired) electrons. The van der Waals surface area contributed by atoms with Gasteiger partial charge in [0.05, 0.1) is 24.0 Å². The molecular weight excluding hydrogens is 478 g/mol. The highest BCUT2D eigenvalue weighted by Crippen LogP contribution is 2.38. The van der Waals surface area contributed by atoms with Crippen LogP contribution in [0.4, 0.5) is 17.1 Å². The Hall–Kier alpha value is -3.35. The van der Waals surface area contributed by atoms with Crippen molar-refractivity contribution >= 4 is 63.7 Å². The normalized spacial score (nSPS) is 12.7. The van der Waals surface area contributed by atoms with Crippen LogP contribution in [-0.2, 0) is 17.6 Å². The lowest BCUT2D eigenvalue weighted by atomic mass is 9.92. The van der Waals surface area contributed by atoms with Gasteiger partial charge in [0, 0.05) is 27.7 Å². The summed E-state index contributed by atoms with van der Waals surface area (Å²) in [6, 6.07) is 15.9. The van der Waals surface area contributed by atoms with Gasteiger partial charge >= 0.3 is 0 Å². The van der Waals surface area contributed by atoms with E-state index >= 15 is 0 Å². The van der Waals surface area contributed by atoms with Crippen LogP contribution in [0.15, 0.2) is 60.0 Å². The number of nitrogens with one attached hydrogen (secondary N) is 2. The molecule has 180 valence electrons. The maximum Gasteiger partial charge on any atom is 0.248 e. The average Bonchev–Trinajstić information content (AvgIpc) is 3.27. The number of aromatic nitrogens is 1. The molecule has 1 aliphatic rings. The molecule has 2 aromatic heterocycles. The van der Waals surface area contributed by atoms with Gasteiger partial charge in [-0.15, -0.1) is 23.7 Å². The topological polar surface area (TPSA) is 63.2 Å². The minimum atomic E-state index is -0.155. The van der Waals surface area contributed by atoms with Gasteiger partial charge in [-0.2, -0.15) is 0 Å².